The molecule has 2 nitrogen and oxygen atoms in total. The van der Waals surface area contributed by atoms with Gasteiger partial charge in [-0.05, 0) is 30.7 Å². The third kappa shape index (κ3) is 3.62. The number of nitrogens with two attached hydrogens (primary N) is 1. The molecule has 0 aliphatic rings. The van der Waals surface area contributed by atoms with Crippen LogP contribution < -0.4 is 5.73 Å². The minimum Gasteiger partial charge on any atom is -0.372 e. The molecule has 20 heavy (non-hydrogen) atoms. The van der Waals surface area contributed by atoms with Crippen molar-refractivity contribution in [1.29, 1.82) is 0 Å². The van der Waals surface area contributed by atoms with E-state index in [-0.39, 0.29) is 30.4 Å². The Bertz CT molecular complexity index is 557. The Balaban J connectivity index is 1.96. The van der Waals surface area contributed by atoms with E-state index in [9.17, 15) is 8.78 Å². The lowest BCUT2D eigenvalue weighted by atomic mass is 10.0. The van der Waals surface area contributed by atoms with E-state index in [4.69, 9.17) is 10.5 Å². The van der Waals surface area contributed by atoms with E-state index in [0.29, 0.717) is 5.56 Å². The zero-order valence-electron chi connectivity index (χ0n) is 11.2. The van der Waals surface area contributed by atoms with Crippen molar-refractivity contribution in [2.45, 2.75) is 25.7 Å². The van der Waals surface area contributed by atoms with Crippen molar-refractivity contribution < 1.29 is 13.5 Å². The van der Waals surface area contributed by atoms with E-state index in [1.165, 1.54) is 18.2 Å². The van der Waals surface area contributed by atoms with Crippen LogP contribution in [0.1, 0.15) is 24.1 Å². The van der Waals surface area contributed by atoms with Crippen LogP contribution in [0.3, 0.4) is 0 Å². The van der Waals surface area contributed by atoms with Gasteiger partial charge in [0.25, 0.3) is 0 Å². The molecule has 0 amide bonds. The highest BCUT2D eigenvalue weighted by molar-refractivity contribution is 5.20. The number of halogens is 2. The summed E-state index contributed by atoms with van der Waals surface area (Å²) in [7, 11) is 0. The molecule has 0 aromatic heterocycles. The van der Waals surface area contributed by atoms with E-state index >= 15 is 0 Å². The van der Waals surface area contributed by atoms with Crippen LogP contribution in [0.25, 0.3) is 0 Å². The molecule has 2 aromatic carbocycles. The zero-order valence-corrected chi connectivity index (χ0v) is 11.2. The first-order chi connectivity index (χ1) is 9.58. The summed E-state index contributed by atoms with van der Waals surface area (Å²) < 4.78 is 31.9. The van der Waals surface area contributed by atoms with Gasteiger partial charge in [-0.1, -0.05) is 30.3 Å². The molecule has 2 aromatic rings. The molecule has 0 fully saturated rings. The molecule has 0 spiro atoms. The second kappa shape index (κ2) is 6.59. The Morgan fingerprint density at radius 3 is 2.35 bits per heavy atom. The molecule has 2 rings (SSSR count). The SMILES string of the molecule is CC(OCc1ccccc1F)C(N)c1ccc(F)cc1. The fourth-order valence-electron chi connectivity index (χ4n) is 1.90. The molecule has 0 aliphatic carbocycles. The predicted octanol–water partition coefficient (Wildman–Crippen LogP) is 3.57. The highest BCUT2D eigenvalue weighted by atomic mass is 19.1. The highest BCUT2D eigenvalue weighted by Gasteiger charge is 2.16. The Hall–Kier alpha value is -1.78. The standard InChI is InChI=1S/C16H17F2NO/c1-11(16(19)12-6-8-14(17)9-7-12)20-10-13-4-2-3-5-15(13)18/h2-9,11,16H,10,19H2,1H3. The molecule has 0 saturated heterocycles. The average molecular weight is 277 g/mol. The largest absolute Gasteiger partial charge is 0.372 e. The summed E-state index contributed by atoms with van der Waals surface area (Å²) in [4.78, 5) is 0. The number of ether oxygens (including phenoxy) is 1. The van der Waals surface area contributed by atoms with Gasteiger partial charge >= 0.3 is 0 Å². The molecule has 2 unspecified atom stereocenters. The fraction of sp³-hybridized carbons (Fsp3) is 0.250. The molecule has 2 atom stereocenters. The number of rotatable bonds is 5. The smallest absolute Gasteiger partial charge is 0.128 e. The van der Waals surface area contributed by atoms with Gasteiger partial charge in [-0.15, -0.1) is 0 Å². The second-order valence-corrected chi connectivity index (χ2v) is 4.68. The molecule has 0 aliphatic heterocycles. The molecule has 2 N–H and O–H groups in total. The lowest BCUT2D eigenvalue weighted by Gasteiger charge is -2.21. The summed E-state index contributed by atoms with van der Waals surface area (Å²) in [6, 6.07) is 12.0. The molecule has 0 saturated carbocycles. The van der Waals surface area contributed by atoms with Crippen LogP contribution in [-0.4, -0.2) is 6.10 Å². The van der Waals surface area contributed by atoms with Gasteiger partial charge in [-0.2, -0.15) is 0 Å². The van der Waals surface area contributed by atoms with Gasteiger partial charge in [-0.25, -0.2) is 8.78 Å². The van der Waals surface area contributed by atoms with Gasteiger partial charge in [0.15, 0.2) is 0 Å². The van der Waals surface area contributed by atoms with Gasteiger partial charge in [0.1, 0.15) is 11.6 Å². The zero-order chi connectivity index (χ0) is 14.5. The van der Waals surface area contributed by atoms with Crippen molar-refractivity contribution in [2.75, 3.05) is 0 Å². The van der Waals surface area contributed by atoms with Crippen molar-refractivity contribution in [3.05, 3.63) is 71.3 Å². The first kappa shape index (κ1) is 14.6. The molecular weight excluding hydrogens is 260 g/mol. The van der Waals surface area contributed by atoms with Crippen molar-refractivity contribution in [3.8, 4) is 0 Å². The fourth-order valence-corrected chi connectivity index (χ4v) is 1.90. The number of hydrogen-bond donors (Lipinski definition) is 1. The Morgan fingerprint density at radius 2 is 1.70 bits per heavy atom. The molecule has 106 valence electrons. The van der Waals surface area contributed by atoms with E-state index in [1.54, 1.807) is 30.3 Å². The third-order valence-electron chi connectivity index (χ3n) is 3.22. The van der Waals surface area contributed by atoms with E-state index in [2.05, 4.69) is 0 Å². The maximum absolute atomic E-state index is 13.5. The van der Waals surface area contributed by atoms with Crippen LogP contribution in [-0.2, 0) is 11.3 Å². The molecule has 4 heteroatoms. The Kier molecular flexibility index (Phi) is 4.82. The van der Waals surface area contributed by atoms with Gasteiger partial charge in [0.05, 0.1) is 18.8 Å². The van der Waals surface area contributed by atoms with Crippen molar-refractivity contribution in [2.24, 2.45) is 5.73 Å². The number of hydrogen-bond acceptors (Lipinski definition) is 2. The van der Waals surface area contributed by atoms with Crippen LogP contribution in [0, 0.1) is 11.6 Å². The summed E-state index contributed by atoms with van der Waals surface area (Å²) in [5.74, 6) is -0.601. The third-order valence-corrected chi connectivity index (χ3v) is 3.22. The van der Waals surface area contributed by atoms with Crippen molar-refractivity contribution >= 4 is 0 Å². The molecule has 0 heterocycles. The first-order valence-corrected chi connectivity index (χ1v) is 6.44. The van der Waals surface area contributed by atoms with E-state index in [0.717, 1.165) is 5.56 Å². The summed E-state index contributed by atoms with van der Waals surface area (Å²) >= 11 is 0. The maximum atomic E-state index is 13.5. The minimum atomic E-state index is -0.387. The van der Waals surface area contributed by atoms with Gasteiger partial charge in [-0.3, -0.25) is 0 Å². The summed E-state index contributed by atoms with van der Waals surface area (Å²) in [6.45, 7) is 1.97. The highest BCUT2D eigenvalue weighted by Crippen LogP contribution is 2.18. The predicted molar refractivity (Wildman–Crippen MR) is 74.0 cm³/mol. The number of benzene rings is 2. The first-order valence-electron chi connectivity index (χ1n) is 6.44. The van der Waals surface area contributed by atoms with Crippen molar-refractivity contribution in [1.82, 2.24) is 0 Å². The quantitative estimate of drug-likeness (QED) is 0.906. The lowest BCUT2D eigenvalue weighted by molar-refractivity contribution is 0.0342. The van der Waals surface area contributed by atoms with Crippen LogP contribution >= 0.6 is 0 Å². The van der Waals surface area contributed by atoms with E-state index < -0.39 is 0 Å². The van der Waals surface area contributed by atoms with Gasteiger partial charge in [0.2, 0.25) is 0 Å². The minimum absolute atomic E-state index is 0.155. The van der Waals surface area contributed by atoms with Crippen LogP contribution in [0.4, 0.5) is 8.78 Å². The van der Waals surface area contributed by atoms with Crippen LogP contribution in [0.5, 0.6) is 0 Å². The van der Waals surface area contributed by atoms with Crippen LogP contribution in [0.2, 0.25) is 0 Å². The molecular formula is C16H17F2NO. The van der Waals surface area contributed by atoms with Gasteiger partial charge in [0, 0.05) is 5.56 Å². The summed E-state index contributed by atoms with van der Waals surface area (Å²) in [6.07, 6.45) is -0.305. The van der Waals surface area contributed by atoms with Crippen LogP contribution in [0.15, 0.2) is 48.5 Å². The summed E-state index contributed by atoms with van der Waals surface area (Å²) in [5, 5.41) is 0. The van der Waals surface area contributed by atoms with Gasteiger partial charge < -0.3 is 10.5 Å². The van der Waals surface area contributed by atoms with Crippen molar-refractivity contribution in [3.63, 3.8) is 0 Å². The Labute approximate surface area is 117 Å². The topological polar surface area (TPSA) is 35.2 Å². The normalized spacial score (nSPS) is 14.0. The van der Waals surface area contributed by atoms with E-state index in [1.807, 2.05) is 6.92 Å². The average Bonchev–Trinajstić information content (AvgIpc) is 2.46. The molecule has 0 bridgehead atoms. The molecule has 0 radical (unpaired) electrons. The Morgan fingerprint density at radius 1 is 1.05 bits per heavy atom. The lowest BCUT2D eigenvalue weighted by Crippen LogP contribution is -2.26. The second-order valence-electron chi connectivity index (χ2n) is 4.68. The summed E-state index contributed by atoms with van der Waals surface area (Å²) in [5.41, 5.74) is 7.33. The maximum Gasteiger partial charge on any atom is 0.128 e. The monoisotopic (exact) mass is 277 g/mol.